The van der Waals surface area contributed by atoms with Crippen molar-refractivity contribution in [2.75, 3.05) is 6.16 Å². The van der Waals surface area contributed by atoms with Gasteiger partial charge in [0, 0.05) is 5.92 Å². The van der Waals surface area contributed by atoms with E-state index in [1.807, 2.05) is 0 Å². The van der Waals surface area contributed by atoms with Crippen molar-refractivity contribution in [3.8, 4) is 0 Å². The highest BCUT2D eigenvalue weighted by Gasteiger charge is 2.81. The van der Waals surface area contributed by atoms with Crippen LogP contribution in [0.1, 0.15) is 13.3 Å². The summed E-state index contributed by atoms with van der Waals surface area (Å²) in [7, 11) is -24.3. The summed E-state index contributed by atoms with van der Waals surface area (Å²) in [4.78, 5) is 74.0. The highest BCUT2D eigenvalue weighted by Crippen LogP contribution is 2.85. The SMILES string of the molecule is CCC(CP(=O)(O)O)C(N)(N)C(P(=O)(O)O)(P(=O)(O)O)P(=O)(O)O. The zero-order chi connectivity index (χ0) is 20.0. The van der Waals surface area contributed by atoms with E-state index in [9.17, 15) is 47.6 Å². The fourth-order valence-corrected chi connectivity index (χ4v) is 9.71. The lowest BCUT2D eigenvalue weighted by Crippen LogP contribution is -2.70. The molecule has 0 fully saturated rings. The second-order valence-electron chi connectivity index (χ2n) is 5.15. The summed E-state index contributed by atoms with van der Waals surface area (Å²) >= 11 is 0. The molecule has 0 aromatic rings. The third-order valence-corrected chi connectivity index (χ3v) is 12.6. The van der Waals surface area contributed by atoms with E-state index in [2.05, 4.69) is 0 Å². The zero-order valence-electron chi connectivity index (χ0n) is 12.1. The van der Waals surface area contributed by atoms with Gasteiger partial charge in [-0.3, -0.25) is 18.3 Å². The van der Waals surface area contributed by atoms with E-state index in [1.165, 1.54) is 0 Å². The molecule has 14 nitrogen and oxygen atoms in total. The summed E-state index contributed by atoms with van der Waals surface area (Å²) in [6, 6.07) is 0. The maximum atomic E-state index is 11.7. The van der Waals surface area contributed by atoms with Crippen LogP contribution in [0, 0.1) is 5.92 Å². The molecule has 1 atom stereocenters. The molecule has 0 aliphatic rings. The quantitative estimate of drug-likeness (QED) is 0.145. The summed E-state index contributed by atoms with van der Waals surface area (Å²) in [5.74, 6) is -1.97. The lowest BCUT2D eigenvalue weighted by atomic mass is 9.94. The third kappa shape index (κ3) is 4.25. The molecular weight excluding hydrogens is 416 g/mol. The molecule has 1 unspecified atom stereocenters. The minimum absolute atomic E-state index is 0.514. The first-order valence-electron chi connectivity index (χ1n) is 5.96. The molecule has 0 saturated heterocycles. The topological polar surface area (TPSA) is 282 Å². The van der Waals surface area contributed by atoms with Gasteiger partial charge in [0.1, 0.15) is 5.66 Å². The van der Waals surface area contributed by atoms with Crippen LogP contribution in [0.4, 0.5) is 0 Å². The smallest absolute Gasteiger partial charge is 0.324 e. The van der Waals surface area contributed by atoms with E-state index in [0.29, 0.717) is 0 Å². The second-order valence-corrected chi connectivity index (χ2v) is 13.2. The Labute approximate surface area is 135 Å². The Balaban J connectivity index is 6.98. The number of hydrogen-bond donors (Lipinski definition) is 10. The fourth-order valence-electron chi connectivity index (χ4n) is 2.44. The zero-order valence-corrected chi connectivity index (χ0v) is 15.7. The maximum absolute atomic E-state index is 11.7. The van der Waals surface area contributed by atoms with Crippen LogP contribution in [0.5, 0.6) is 0 Å². The first kappa shape index (κ1) is 24.5. The molecule has 0 heterocycles. The molecule has 0 saturated carbocycles. The molecular formula is C6H20N2O12P4. The van der Waals surface area contributed by atoms with Crippen molar-refractivity contribution in [1.82, 2.24) is 0 Å². The van der Waals surface area contributed by atoms with Gasteiger partial charge in [0.2, 0.25) is 0 Å². The summed E-state index contributed by atoms with van der Waals surface area (Å²) < 4.78 is 41.7. The van der Waals surface area contributed by atoms with Gasteiger partial charge >= 0.3 is 35.0 Å². The van der Waals surface area contributed by atoms with Crippen LogP contribution in [0.2, 0.25) is 0 Å². The van der Waals surface area contributed by atoms with Crippen molar-refractivity contribution in [2.24, 2.45) is 17.4 Å². The minimum atomic E-state index is -6.43. The van der Waals surface area contributed by atoms with Crippen LogP contribution >= 0.6 is 30.4 Å². The molecule has 18 heteroatoms. The normalized spacial score (nSPS) is 17.0. The Hall–Kier alpha value is 0.520. The van der Waals surface area contributed by atoms with Crippen molar-refractivity contribution in [3.63, 3.8) is 0 Å². The summed E-state index contributed by atoms with van der Waals surface area (Å²) in [5, 5.41) is 0. The first-order valence-corrected chi connectivity index (χ1v) is 12.6. The van der Waals surface area contributed by atoms with Gasteiger partial charge < -0.3 is 50.6 Å². The molecule has 0 aromatic heterocycles. The van der Waals surface area contributed by atoms with E-state index < -0.39 is 59.2 Å². The predicted octanol–water partition coefficient (Wildman–Crippen LogP) is -2.01. The van der Waals surface area contributed by atoms with Crippen molar-refractivity contribution in [3.05, 3.63) is 0 Å². The molecule has 0 aliphatic heterocycles. The van der Waals surface area contributed by atoms with Crippen LogP contribution in [-0.4, -0.2) is 55.6 Å². The molecule has 0 aromatic carbocycles. The lowest BCUT2D eigenvalue weighted by Gasteiger charge is -2.48. The molecule has 0 bridgehead atoms. The first-order chi connectivity index (χ1) is 10.2. The van der Waals surface area contributed by atoms with Gasteiger partial charge in [-0.05, 0) is 6.42 Å². The van der Waals surface area contributed by atoms with E-state index in [0.717, 1.165) is 6.92 Å². The largest absolute Gasteiger partial charge is 0.359 e. The van der Waals surface area contributed by atoms with Crippen molar-refractivity contribution < 1.29 is 57.4 Å². The molecule has 24 heavy (non-hydrogen) atoms. The standard InChI is InChI=1S/C6H20N2O12P4/c1-2-4(3-21(9,10)11)5(7,8)6(22(12,13)14,23(15,16)17)24(18,19)20/h4H,2-3,7-8H2,1H3,(H2,9,10,11)(H2,12,13,14)(H2,15,16,17)(H2,18,19,20). The number of rotatable bonds is 8. The molecule has 0 amide bonds. The Kier molecular flexibility index (Phi) is 7.07. The van der Waals surface area contributed by atoms with E-state index >= 15 is 0 Å². The molecule has 146 valence electrons. The average molecular weight is 436 g/mol. The van der Waals surface area contributed by atoms with Gasteiger partial charge in [0.15, 0.2) is 0 Å². The van der Waals surface area contributed by atoms with Crippen molar-refractivity contribution in [1.29, 1.82) is 0 Å². The molecule has 0 radical (unpaired) electrons. The van der Waals surface area contributed by atoms with Crippen LogP contribution in [0.15, 0.2) is 0 Å². The molecule has 0 aliphatic carbocycles. The van der Waals surface area contributed by atoms with Crippen LogP contribution < -0.4 is 11.5 Å². The van der Waals surface area contributed by atoms with Crippen molar-refractivity contribution in [2.45, 2.75) is 23.6 Å². The van der Waals surface area contributed by atoms with Gasteiger partial charge in [-0.2, -0.15) is 0 Å². The second kappa shape index (κ2) is 6.92. The fraction of sp³-hybridized carbons (Fsp3) is 1.00. The highest BCUT2D eigenvalue weighted by atomic mass is 31.3. The van der Waals surface area contributed by atoms with E-state index in [-0.39, 0.29) is 0 Å². The summed E-state index contributed by atoms with van der Waals surface area (Å²) in [6.45, 7) is 1.14. The van der Waals surface area contributed by atoms with E-state index in [1.54, 1.807) is 0 Å². The summed E-state index contributed by atoms with van der Waals surface area (Å²) in [6.07, 6.45) is -1.84. The molecule has 0 rings (SSSR count). The van der Waals surface area contributed by atoms with Crippen LogP contribution in [0.3, 0.4) is 0 Å². The van der Waals surface area contributed by atoms with Crippen LogP contribution in [0.25, 0.3) is 0 Å². The highest BCUT2D eigenvalue weighted by molar-refractivity contribution is 7.89. The predicted molar refractivity (Wildman–Crippen MR) is 80.7 cm³/mol. The van der Waals surface area contributed by atoms with E-state index in [4.69, 9.17) is 21.3 Å². The average Bonchev–Trinajstić information content (AvgIpc) is 2.17. The molecule has 0 spiro atoms. The minimum Gasteiger partial charge on any atom is -0.324 e. The summed E-state index contributed by atoms with van der Waals surface area (Å²) in [5.41, 5.74) is 7.21. The maximum Gasteiger partial charge on any atom is 0.359 e. The van der Waals surface area contributed by atoms with Gasteiger partial charge in [0.25, 0.3) is 0 Å². The van der Waals surface area contributed by atoms with Gasteiger partial charge in [-0.25, -0.2) is 0 Å². The van der Waals surface area contributed by atoms with Crippen molar-refractivity contribution >= 4 is 30.4 Å². The van der Waals surface area contributed by atoms with Gasteiger partial charge in [0.05, 0.1) is 6.16 Å². The number of nitrogens with two attached hydrogens (primary N) is 2. The third-order valence-electron chi connectivity index (χ3n) is 3.43. The molecule has 12 N–H and O–H groups in total. The van der Waals surface area contributed by atoms with Gasteiger partial charge in [-0.1, -0.05) is 6.92 Å². The Morgan fingerprint density at radius 2 is 1.08 bits per heavy atom. The van der Waals surface area contributed by atoms with Gasteiger partial charge in [-0.15, -0.1) is 0 Å². The monoisotopic (exact) mass is 436 g/mol. The van der Waals surface area contributed by atoms with Crippen LogP contribution in [-0.2, 0) is 18.3 Å². The Morgan fingerprint density at radius 3 is 1.25 bits per heavy atom. The Bertz CT molecular complexity index is 597. The number of hydrogen-bond acceptors (Lipinski definition) is 6. The Morgan fingerprint density at radius 1 is 0.792 bits per heavy atom. The lowest BCUT2D eigenvalue weighted by molar-refractivity contribution is 0.202.